The van der Waals surface area contributed by atoms with Crippen LogP contribution in [0.4, 0.5) is 0 Å². The number of rotatable bonds is 0. The molecule has 0 aromatic carbocycles. The normalized spacial score (nSPS) is 0. The van der Waals surface area contributed by atoms with E-state index in [1.165, 1.54) is 0 Å². The third kappa shape index (κ3) is 11.3. The van der Waals surface area contributed by atoms with Gasteiger partial charge in [0.1, 0.15) is 0 Å². The fraction of sp³-hybridized carbons (Fsp3) is 0. The summed E-state index contributed by atoms with van der Waals surface area (Å²) >= 11 is 0. The fourth-order valence-corrected chi connectivity index (χ4v) is 0. The van der Waals surface area contributed by atoms with Crippen LogP contribution in [0, 0.1) is 0 Å². The molecular formula is HClO2Zr. The van der Waals surface area contributed by atoms with Crippen LogP contribution in [-0.2, 0) is 37.2 Å². The van der Waals surface area contributed by atoms with Crippen molar-refractivity contribution in [3.05, 3.63) is 0 Å². The molecule has 0 unspecified atom stereocenters. The molecule has 0 aliphatic carbocycles. The Bertz CT molecular complexity index is 6.00. The van der Waals surface area contributed by atoms with E-state index < -0.39 is 0 Å². The Labute approximate surface area is 49.7 Å². The molecule has 24 valence electrons. The maximum atomic E-state index is 0. The Balaban J connectivity index is 0. The molecule has 2 nitrogen and oxygen atoms in total. The average molecular weight is 160 g/mol. The molecule has 4 heteroatoms. The van der Waals surface area contributed by atoms with Crippen molar-refractivity contribution in [1.29, 1.82) is 0 Å². The van der Waals surface area contributed by atoms with E-state index in [2.05, 4.69) is 0 Å². The molecule has 0 rings (SSSR count). The first kappa shape index (κ1) is 71.4. The summed E-state index contributed by atoms with van der Waals surface area (Å²) in [7, 11) is 0. The summed E-state index contributed by atoms with van der Waals surface area (Å²) in [5.74, 6) is 0. The predicted molar refractivity (Wildman–Crippen MR) is 8.62 cm³/mol. The third-order valence-corrected chi connectivity index (χ3v) is 0. The van der Waals surface area contributed by atoms with Gasteiger partial charge in [-0.1, -0.05) is 0 Å². The molecule has 0 aliphatic rings. The molecule has 4 heavy (non-hydrogen) atoms. The number of hydrogen-bond donors (Lipinski definition) is 0. The van der Waals surface area contributed by atoms with Crippen LogP contribution in [-0.4, -0.2) is 0 Å². The molecule has 0 spiro atoms. The van der Waals surface area contributed by atoms with Gasteiger partial charge in [0.2, 0.25) is 0 Å². The van der Waals surface area contributed by atoms with Gasteiger partial charge in [-0.05, 0) is 0 Å². The molecule has 0 radical (unpaired) electrons. The Kier molecular flexibility index (Phi) is 585. The largest absolute Gasteiger partial charge is 4.00 e. The van der Waals surface area contributed by atoms with Crippen molar-refractivity contribution < 1.29 is 37.2 Å². The van der Waals surface area contributed by atoms with Gasteiger partial charge in [-0.2, -0.15) is 0 Å². The van der Waals surface area contributed by atoms with E-state index >= 15 is 0 Å². The van der Waals surface area contributed by atoms with Crippen molar-refractivity contribution in [2.45, 2.75) is 0 Å². The van der Waals surface area contributed by atoms with Gasteiger partial charge in [-0.3, -0.25) is 0 Å². The molecule has 0 aromatic heterocycles. The van der Waals surface area contributed by atoms with Crippen LogP contribution in [0.15, 0.2) is 0 Å². The van der Waals surface area contributed by atoms with Crippen molar-refractivity contribution in [2.24, 2.45) is 0 Å². The Morgan fingerprint density at radius 2 is 0.750 bits per heavy atom. The third-order valence-electron chi connectivity index (χ3n) is 0. The molecule has 0 aliphatic heterocycles. The second-order valence-electron chi connectivity index (χ2n) is 0. The van der Waals surface area contributed by atoms with Crippen molar-refractivity contribution in [2.75, 3.05) is 0 Å². The van der Waals surface area contributed by atoms with Crippen LogP contribution in [0.5, 0.6) is 0 Å². The zero-order valence-electron chi connectivity index (χ0n) is 1.72. The first-order chi connectivity index (χ1) is 0. The fourth-order valence-electron chi connectivity index (χ4n) is 0. The zero-order valence-corrected chi connectivity index (χ0v) is 5.00. The van der Waals surface area contributed by atoms with Crippen molar-refractivity contribution in [3.63, 3.8) is 0 Å². The van der Waals surface area contributed by atoms with E-state index in [9.17, 15) is 0 Å². The SMILES string of the molecule is Cl.[O-2].[O-2].[Zr+4]. The van der Waals surface area contributed by atoms with E-state index in [-0.39, 0.29) is 49.6 Å². The maximum Gasteiger partial charge on any atom is 4.00 e. The smallest absolute Gasteiger partial charge is 2.00 e. The van der Waals surface area contributed by atoms with E-state index in [4.69, 9.17) is 0 Å². The Hall–Kier alpha value is 1.09. The molecule has 0 atom stereocenters. The molecule has 0 heterocycles. The van der Waals surface area contributed by atoms with Crippen LogP contribution in [0.3, 0.4) is 0 Å². The van der Waals surface area contributed by atoms with Crippen molar-refractivity contribution >= 4 is 12.4 Å². The molecule has 0 saturated heterocycles. The first-order valence-electron chi connectivity index (χ1n) is 0. The van der Waals surface area contributed by atoms with Crippen LogP contribution in [0.1, 0.15) is 0 Å². The van der Waals surface area contributed by atoms with Gasteiger partial charge in [-0.15, -0.1) is 12.4 Å². The second-order valence-corrected chi connectivity index (χ2v) is 0. The maximum absolute atomic E-state index is 0. The minimum absolute atomic E-state index is 0. The molecule has 0 bridgehead atoms. The first-order valence-corrected chi connectivity index (χ1v) is 0. The van der Waals surface area contributed by atoms with E-state index in [1.54, 1.807) is 0 Å². The zero-order chi connectivity index (χ0) is 0. The summed E-state index contributed by atoms with van der Waals surface area (Å²) in [4.78, 5) is 0. The molecule has 0 saturated carbocycles. The Morgan fingerprint density at radius 3 is 0.750 bits per heavy atom. The van der Waals surface area contributed by atoms with Crippen molar-refractivity contribution in [3.8, 4) is 0 Å². The minimum atomic E-state index is 0. The Morgan fingerprint density at radius 1 is 0.750 bits per heavy atom. The molecule has 0 fully saturated rings. The summed E-state index contributed by atoms with van der Waals surface area (Å²) in [6.07, 6.45) is 0. The van der Waals surface area contributed by atoms with E-state index in [0.717, 1.165) is 0 Å². The van der Waals surface area contributed by atoms with Gasteiger partial charge in [0.25, 0.3) is 0 Å². The van der Waals surface area contributed by atoms with Gasteiger partial charge in [0.05, 0.1) is 0 Å². The summed E-state index contributed by atoms with van der Waals surface area (Å²) < 4.78 is 0. The van der Waals surface area contributed by atoms with Crippen molar-refractivity contribution in [1.82, 2.24) is 0 Å². The van der Waals surface area contributed by atoms with Crippen LogP contribution in [0.25, 0.3) is 0 Å². The van der Waals surface area contributed by atoms with Gasteiger partial charge in [0.15, 0.2) is 0 Å². The van der Waals surface area contributed by atoms with Gasteiger partial charge in [0, 0.05) is 0 Å². The topological polar surface area (TPSA) is 57.0 Å². The summed E-state index contributed by atoms with van der Waals surface area (Å²) in [5, 5.41) is 0. The number of halogens is 1. The van der Waals surface area contributed by atoms with E-state index in [0.29, 0.717) is 0 Å². The standard InChI is InChI=1S/ClH.2O.Zr/h1H;;;/q;2*-2;+4. The molecular weight excluding hydrogens is 159 g/mol. The molecule has 0 amide bonds. The average Bonchev–Trinajstić information content (AvgIpc) is 0. The second kappa shape index (κ2) is 32.8. The van der Waals surface area contributed by atoms with Crippen LogP contribution in [0.2, 0.25) is 0 Å². The van der Waals surface area contributed by atoms with E-state index in [1.807, 2.05) is 0 Å². The number of hydrogen-bond acceptors (Lipinski definition) is 0. The predicted octanol–water partition coefficient (Wildman–Crippen LogP) is 0.182. The molecule has 0 N–H and O–H groups in total. The summed E-state index contributed by atoms with van der Waals surface area (Å²) in [6, 6.07) is 0. The summed E-state index contributed by atoms with van der Waals surface area (Å²) in [5.41, 5.74) is 0. The monoisotopic (exact) mass is 158 g/mol. The van der Waals surface area contributed by atoms with Gasteiger partial charge >= 0.3 is 26.2 Å². The van der Waals surface area contributed by atoms with Gasteiger partial charge in [-0.25, -0.2) is 0 Å². The quantitative estimate of drug-likeness (QED) is 0.485. The van der Waals surface area contributed by atoms with Gasteiger partial charge < -0.3 is 11.0 Å². The molecule has 0 aromatic rings. The minimum Gasteiger partial charge on any atom is -2.00 e. The summed E-state index contributed by atoms with van der Waals surface area (Å²) in [6.45, 7) is 0. The van der Waals surface area contributed by atoms with Crippen LogP contribution < -0.4 is 0 Å². The van der Waals surface area contributed by atoms with Crippen LogP contribution >= 0.6 is 12.4 Å².